The maximum absolute atomic E-state index is 11.8. The predicted molar refractivity (Wildman–Crippen MR) is 79.8 cm³/mol. The molecule has 1 unspecified atom stereocenters. The number of anilines is 1. The molecule has 0 amide bonds. The summed E-state index contributed by atoms with van der Waals surface area (Å²) in [6.07, 6.45) is 3.46. The smallest absolute Gasteiger partial charge is 0.252 e. The Bertz CT molecular complexity index is 563. The lowest BCUT2D eigenvalue weighted by Crippen LogP contribution is -2.44. The molecule has 0 aromatic carbocycles. The Morgan fingerprint density at radius 3 is 2.76 bits per heavy atom. The van der Waals surface area contributed by atoms with Crippen LogP contribution in [0.5, 0.6) is 0 Å². The molecule has 114 valence electrons. The van der Waals surface area contributed by atoms with E-state index in [2.05, 4.69) is 19.8 Å². The van der Waals surface area contributed by atoms with E-state index in [0.29, 0.717) is 12.0 Å². The van der Waals surface area contributed by atoms with Crippen LogP contribution in [0.25, 0.3) is 0 Å². The second-order valence-electron chi connectivity index (χ2n) is 6.30. The van der Waals surface area contributed by atoms with Crippen molar-refractivity contribution >= 4 is 5.82 Å². The zero-order valence-electron chi connectivity index (χ0n) is 12.3. The first-order valence-electron chi connectivity index (χ1n) is 7.97. The Labute approximate surface area is 124 Å². The van der Waals surface area contributed by atoms with E-state index in [0.717, 1.165) is 70.3 Å². The number of aromatic nitrogens is 2. The highest BCUT2D eigenvalue weighted by atomic mass is 16.5. The molecule has 6 nitrogen and oxygen atoms in total. The van der Waals surface area contributed by atoms with E-state index >= 15 is 0 Å². The number of nitrogens with one attached hydrogen (secondary N) is 1. The van der Waals surface area contributed by atoms with E-state index in [4.69, 9.17) is 4.74 Å². The highest BCUT2D eigenvalue weighted by Gasteiger charge is 2.31. The van der Waals surface area contributed by atoms with Gasteiger partial charge in [-0.2, -0.15) is 0 Å². The lowest BCUT2D eigenvalue weighted by Gasteiger charge is -2.32. The van der Waals surface area contributed by atoms with Crippen LogP contribution in [0.2, 0.25) is 0 Å². The van der Waals surface area contributed by atoms with E-state index in [1.165, 1.54) is 0 Å². The third kappa shape index (κ3) is 2.82. The first-order chi connectivity index (χ1) is 10.3. The normalized spacial score (nSPS) is 27.2. The average Bonchev–Trinajstić information content (AvgIpc) is 3.24. The molecule has 3 heterocycles. The average molecular weight is 290 g/mol. The van der Waals surface area contributed by atoms with Gasteiger partial charge in [-0.05, 0) is 19.3 Å². The Morgan fingerprint density at radius 2 is 2.00 bits per heavy atom. The number of morpholine rings is 1. The number of rotatable bonds is 3. The summed E-state index contributed by atoms with van der Waals surface area (Å²) in [5.41, 5.74) is -0.0169. The van der Waals surface area contributed by atoms with Crippen LogP contribution in [0.15, 0.2) is 10.9 Å². The van der Waals surface area contributed by atoms with Gasteiger partial charge in [0.25, 0.3) is 5.56 Å². The number of hydrogen-bond donors (Lipinski definition) is 1. The van der Waals surface area contributed by atoms with Crippen molar-refractivity contribution in [2.75, 3.05) is 44.3 Å². The summed E-state index contributed by atoms with van der Waals surface area (Å²) in [4.78, 5) is 24.2. The summed E-state index contributed by atoms with van der Waals surface area (Å²) in [5, 5.41) is 0. The predicted octanol–water partition coefficient (Wildman–Crippen LogP) is 0.558. The second-order valence-corrected chi connectivity index (χ2v) is 6.30. The molecular weight excluding hydrogens is 268 g/mol. The molecule has 2 aliphatic heterocycles. The van der Waals surface area contributed by atoms with Gasteiger partial charge in [-0.15, -0.1) is 0 Å². The van der Waals surface area contributed by atoms with Crippen LogP contribution in [0.3, 0.4) is 0 Å². The SMILES string of the molecule is O=c1cc(N2CCC(N3CCOCC3)C2)nc(C2CC2)[nH]1. The molecule has 21 heavy (non-hydrogen) atoms. The van der Waals surface area contributed by atoms with Gasteiger partial charge in [0.1, 0.15) is 11.6 Å². The minimum atomic E-state index is -0.0169. The van der Waals surface area contributed by atoms with Crippen LogP contribution < -0.4 is 10.5 Å². The van der Waals surface area contributed by atoms with Gasteiger partial charge in [0.2, 0.25) is 0 Å². The summed E-state index contributed by atoms with van der Waals surface area (Å²) in [7, 11) is 0. The molecule has 2 saturated heterocycles. The fraction of sp³-hybridized carbons (Fsp3) is 0.733. The number of hydrogen-bond acceptors (Lipinski definition) is 5. The van der Waals surface area contributed by atoms with E-state index in [1.54, 1.807) is 6.07 Å². The molecule has 0 radical (unpaired) electrons. The molecule has 1 aliphatic carbocycles. The van der Waals surface area contributed by atoms with Crippen LogP contribution in [-0.4, -0.2) is 60.3 Å². The van der Waals surface area contributed by atoms with Crippen molar-refractivity contribution < 1.29 is 4.74 Å². The lowest BCUT2D eigenvalue weighted by molar-refractivity contribution is 0.0209. The standard InChI is InChI=1S/C15H22N4O2/c20-14-9-13(16-15(17-14)11-1-2-11)19-4-3-12(10-19)18-5-7-21-8-6-18/h9,11-12H,1-8,10H2,(H,16,17,20). The van der Waals surface area contributed by atoms with Gasteiger partial charge in [-0.3, -0.25) is 9.69 Å². The van der Waals surface area contributed by atoms with Gasteiger partial charge in [0, 0.05) is 44.2 Å². The first-order valence-corrected chi connectivity index (χ1v) is 7.97. The Kier molecular flexibility index (Phi) is 3.43. The summed E-state index contributed by atoms with van der Waals surface area (Å²) < 4.78 is 5.42. The van der Waals surface area contributed by atoms with Gasteiger partial charge in [0.05, 0.1) is 13.2 Å². The van der Waals surface area contributed by atoms with Crippen molar-refractivity contribution in [1.82, 2.24) is 14.9 Å². The molecule has 1 saturated carbocycles. The molecule has 1 atom stereocenters. The van der Waals surface area contributed by atoms with Crippen molar-refractivity contribution in [3.63, 3.8) is 0 Å². The van der Waals surface area contributed by atoms with E-state index in [1.807, 2.05) is 0 Å². The molecule has 1 aromatic heterocycles. The van der Waals surface area contributed by atoms with Gasteiger partial charge < -0.3 is 14.6 Å². The van der Waals surface area contributed by atoms with Crippen molar-refractivity contribution in [2.24, 2.45) is 0 Å². The van der Waals surface area contributed by atoms with Gasteiger partial charge >= 0.3 is 0 Å². The third-order valence-electron chi connectivity index (χ3n) is 4.76. The first kappa shape index (κ1) is 13.3. The number of ether oxygens (including phenoxy) is 1. The molecule has 1 N–H and O–H groups in total. The molecule has 4 rings (SSSR count). The van der Waals surface area contributed by atoms with Gasteiger partial charge in [-0.1, -0.05) is 0 Å². The van der Waals surface area contributed by atoms with Crippen molar-refractivity contribution in [3.8, 4) is 0 Å². The summed E-state index contributed by atoms with van der Waals surface area (Å²) in [6.45, 7) is 5.68. The highest BCUT2D eigenvalue weighted by molar-refractivity contribution is 5.40. The van der Waals surface area contributed by atoms with Gasteiger partial charge in [0.15, 0.2) is 0 Å². The molecule has 0 bridgehead atoms. The zero-order chi connectivity index (χ0) is 14.2. The molecule has 3 fully saturated rings. The Hall–Kier alpha value is -1.40. The largest absolute Gasteiger partial charge is 0.379 e. The number of aromatic amines is 1. The number of H-pyrrole nitrogens is 1. The maximum Gasteiger partial charge on any atom is 0.252 e. The summed E-state index contributed by atoms with van der Waals surface area (Å²) >= 11 is 0. The fourth-order valence-electron chi connectivity index (χ4n) is 3.37. The zero-order valence-corrected chi connectivity index (χ0v) is 12.3. The molecule has 1 aromatic rings. The van der Waals surface area contributed by atoms with Gasteiger partial charge in [-0.25, -0.2) is 4.98 Å². The van der Waals surface area contributed by atoms with E-state index in [9.17, 15) is 4.79 Å². The summed E-state index contributed by atoms with van der Waals surface area (Å²) in [5.74, 6) is 2.22. The van der Waals surface area contributed by atoms with Crippen LogP contribution in [-0.2, 0) is 4.74 Å². The quantitative estimate of drug-likeness (QED) is 0.881. The summed E-state index contributed by atoms with van der Waals surface area (Å²) in [6, 6.07) is 2.22. The monoisotopic (exact) mass is 290 g/mol. The maximum atomic E-state index is 11.8. The topological polar surface area (TPSA) is 61.5 Å². The van der Waals surface area contributed by atoms with Crippen LogP contribution >= 0.6 is 0 Å². The van der Waals surface area contributed by atoms with Crippen molar-refractivity contribution in [2.45, 2.75) is 31.2 Å². The molecule has 0 spiro atoms. The van der Waals surface area contributed by atoms with E-state index < -0.39 is 0 Å². The third-order valence-corrected chi connectivity index (χ3v) is 4.76. The number of nitrogens with zero attached hydrogens (tertiary/aromatic N) is 3. The Balaban J connectivity index is 1.48. The molecular formula is C15H22N4O2. The lowest BCUT2D eigenvalue weighted by atomic mass is 10.2. The Morgan fingerprint density at radius 1 is 1.19 bits per heavy atom. The van der Waals surface area contributed by atoms with E-state index in [-0.39, 0.29) is 5.56 Å². The fourth-order valence-corrected chi connectivity index (χ4v) is 3.37. The van der Waals surface area contributed by atoms with Crippen LogP contribution in [0.1, 0.15) is 31.0 Å². The molecule has 3 aliphatic rings. The minimum absolute atomic E-state index is 0.0169. The molecule has 6 heteroatoms. The second kappa shape index (κ2) is 5.42. The van der Waals surface area contributed by atoms with Crippen molar-refractivity contribution in [3.05, 3.63) is 22.2 Å². The minimum Gasteiger partial charge on any atom is -0.379 e. The van der Waals surface area contributed by atoms with Crippen LogP contribution in [0.4, 0.5) is 5.82 Å². The van der Waals surface area contributed by atoms with Crippen LogP contribution in [0, 0.1) is 0 Å². The van der Waals surface area contributed by atoms with Crippen molar-refractivity contribution in [1.29, 1.82) is 0 Å². The highest BCUT2D eigenvalue weighted by Crippen LogP contribution is 2.38.